The molecule has 0 N–H and O–H groups in total. The van der Waals surface area contributed by atoms with Gasteiger partial charge in [-0.15, -0.1) is 0 Å². The zero-order valence-electron chi connectivity index (χ0n) is 9.91. The maximum atomic E-state index is 12.7. The second-order valence-electron chi connectivity index (χ2n) is 3.99. The number of rotatable bonds is 3. The van der Waals surface area contributed by atoms with E-state index < -0.39 is 13.0 Å². The predicted molar refractivity (Wildman–Crippen MR) is 78.3 cm³/mol. The van der Waals surface area contributed by atoms with Gasteiger partial charge >= 0.3 is 0 Å². The highest BCUT2D eigenvalue weighted by Crippen LogP contribution is 2.36. The van der Waals surface area contributed by atoms with Gasteiger partial charge in [-0.2, -0.15) is 0 Å². The third-order valence-corrected chi connectivity index (χ3v) is 3.80. The van der Waals surface area contributed by atoms with E-state index in [1.165, 1.54) is 4.90 Å². The summed E-state index contributed by atoms with van der Waals surface area (Å²) in [6.07, 6.45) is 1.08. The molecule has 0 aromatic heterocycles. The van der Waals surface area contributed by atoms with E-state index in [0.29, 0.717) is 26.5 Å². The Bertz CT molecular complexity index is 566. The minimum absolute atomic E-state index is 0.418. The normalized spacial score (nSPS) is 15.6. The summed E-state index contributed by atoms with van der Waals surface area (Å²) < 4.78 is 26.1. The van der Waals surface area contributed by atoms with E-state index in [4.69, 9.17) is 11.6 Å². The summed E-state index contributed by atoms with van der Waals surface area (Å²) in [5, 5.41) is 0.521. The molecule has 0 spiro atoms. The molecule has 5 heteroatoms. The first-order chi connectivity index (χ1) is 9.00. The summed E-state index contributed by atoms with van der Waals surface area (Å²) in [6.45, 7) is 3.41. The van der Waals surface area contributed by atoms with E-state index in [-0.39, 0.29) is 0 Å². The summed E-state index contributed by atoms with van der Waals surface area (Å²) in [6, 6.07) is 7.15. The monoisotopic (exact) mass is 345 g/mol. The molecule has 1 aromatic carbocycles. The van der Waals surface area contributed by atoms with Crippen molar-refractivity contribution in [2.75, 3.05) is 6.54 Å². The quantitative estimate of drug-likeness (QED) is 0.740. The van der Waals surface area contributed by atoms with E-state index >= 15 is 0 Å². The fourth-order valence-electron chi connectivity index (χ4n) is 1.86. The summed E-state index contributed by atoms with van der Waals surface area (Å²) in [7, 11) is 0. The molecular formula is C14H11BrClF2N. The number of allylic oxidation sites excluding steroid dienone is 3. The first-order valence-corrected chi connectivity index (χ1v) is 6.75. The van der Waals surface area contributed by atoms with Crippen LogP contribution in [0.3, 0.4) is 0 Å². The van der Waals surface area contributed by atoms with Crippen molar-refractivity contribution < 1.29 is 8.78 Å². The van der Waals surface area contributed by atoms with Gasteiger partial charge in [0.15, 0.2) is 0 Å². The van der Waals surface area contributed by atoms with Crippen LogP contribution in [0.15, 0.2) is 53.2 Å². The Morgan fingerprint density at radius 1 is 1.26 bits per heavy atom. The van der Waals surface area contributed by atoms with Crippen molar-refractivity contribution in [2.45, 2.75) is 6.43 Å². The van der Waals surface area contributed by atoms with Gasteiger partial charge in [0, 0.05) is 20.8 Å². The summed E-state index contributed by atoms with van der Waals surface area (Å²) >= 11 is 9.43. The Morgan fingerprint density at radius 3 is 2.58 bits per heavy atom. The number of nitrogens with zero attached hydrogens (tertiary/aromatic N) is 1. The highest BCUT2D eigenvalue weighted by molar-refractivity contribution is 9.12. The second-order valence-corrected chi connectivity index (χ2v) is 5.26. The van der Waals surface area contributed by atoms with Crippen LogP contribution in [-0.2, 0) is 0 Å². The molecule has 1 aliphatic rings. The van der Waals surface area contributed by atoms with Crippen LogP contribution in [0, 0.1) is 0 Å². The molecule has 19 heavy (non-hydrogen) atoms. The molecule has 0 amide bonds. The average Bonchev–Trinajstić information content (AvgIpc) is 2.36. The molecule has 2 rings (SSSR count). The van der Waals surface area contributed by atoms with Crippen LogP contribution in [0.25, 0.3) is 5.70 Å². The van der Waals surface area contributed by atoms with Crippen molar-refractivity contribution in [1.29, 1.82) is 0 Å². The van der Waals surface area contributed by atoms with Gasteiger partial charge in [0.25, 0.3) is 6.43 Å². The molecule has 0 radical (unpaired) electrons. The van der Waals surface area contributed by atoms with Gasteiger partial charge in [-0.3, -0.25) is 0 Å². The molecule has 0 bridgehead atoms. The lowest BCUT2D eigenvalue weighted by Crippen LogP contribution is -2.28. The van der Waals surface area contributed by atoms with Crippen LogP contribution in [-0.4, -0.2) is 17.9 Å². The van der Waals surface area contributed by atoms with Gasteiger partial charge in [-0.1, -0.05) is 36.4 Å². The first-order valence-electron chi connectivity index (χ1n) is 5.58. The molecule has 0 saturated carbocycles. The van der Waals surface area contributed by atoms with Crippen LogP contribution in [0.2, 0.25) is 5.02 Å². The molecule has 100 valence electrons. The first kappa shape index (κ1) is 14.3. The van der Waals surface area contributed by atoms with Crippen molar-refractivity contribution in [3.8, 4) is 0 Å². The number of halogens is 4. The van der Waals surface area contributed by atoms with Gasteiger partial charge in [-0.25, -0.2) is 8.78 Å². The molecule has 0 aliphatic carbocycles. The van der Waals surface area contributed by atoms with Crippen molar-refractivity contribution >= 4 is 33.2 Å². The Hall–Kier alpha value is -1.13. The number of hydrogen-bond acceptors (Lipinski definition) is 1. The lowest BCUT2D eigenvalue weighted by molar-refractivity contribution is 0.123. The highest BCUT2D eigenvalue weighted by atomic mass is 79.9. The van der Waals surface area contributed by atoms with Crippen molar-refractivity contribution in [3.63, 3.8) is 0 Å². The Balaban J connectivity index is 2.46. The van der Waals surface area contributed by atoms with Gasteiger partial charge in [0.05, 0.1) is 12.2 Å². The fourth-order valence-corrected chi connectivity index (χ4v) is 2.44. The van der Waals surface area contributed by atoms with Crippen molar-refractivity contribution in [1.82, 2.24) is 4.90 Å². The van der Waals surface area contributed by atoms with Crippen LogP contribution in [0.1, 0.15) is 5.56 Å². The summed E-state index contributed by atoms with van der Waals surface area (Å²) in [5.74, 6) is 0. The van der Waals surface area contributed by atoms with Crippen molar-refractivity contribution in [2.24, 2.45) is 0 Å². The van der Waals surface area contributed by atoms with E-state index in [2.05, 4.69) is 22.5 Å². The summed E-state index contributed by atoms with van der Waals surface area (Å²) in [5.41, 5.74) is 1.83. The number of alkyl halides is 2. The van der Waals surface area contributed by atoms with Gasteiger partial charge < -0.3 is 4.90 Å². The third-order valence-electron chi connectivity index (χ3n) is 2.75. The fraction of sp³-hybridized carbons (Fsp3) is 0.143. The zero-order chi connectivity index (χ0) is 14.0. The number of hydrogen-bond donors (Lipinski definition) is 0. The molecule has 0 atom stereocenters. The van der Waals surface area contributed by atoms with Crippen LogP contribution in [0.4, 0.5) is 8.78 Å². The van der Waals surface area contributed by atoms with E-state index in [9.17, 15) is 8.78 Å². The van der Waals surface area contributed by atoms with E-state index in [1.54, 1.807) is 30.4 Å². The molecule has 0 fully saturated rings. The Morgan fingerprint density at radius 2 is 1.95 bits per heavy atom. The Kier molecular flexibility index (Phi) is 4.42. The minimum Gasteiger partial charge on any atom is -0.335 e. The lowest BCUT2D eigenvalue weighted by Gasteiger charge is -2.31. The maximum Gasteiger partial charge on any atom is 0.256 e. The Labute approximate surface area is 124 Å². The topological polar surface area (TPSA) is 3.24 Å². The van der Waals surface area contributed by atoms with E-state index in [0.717, 1.165) is 0 Å². The van der Waals surface area contributed by atoms with E-state index in [1.807, 2.05) is 6.07 Å². The molecule has 0 saturated heterocycles. The zero-order valence-corrected chi connectivity index (χ0v) is 12.3. The largest absolute Gasteiger partial charge is 0.335 e. The van der Waals surface area contributed by atoms with Crippen molar-refractivity contribution in [3.05, 3.63) is 63.8 Å². The summed E-state index contributed by atoms with van der Waals surface area (Å²) in [4.78, 5) is 1.47. The van der Waals surface area contributed by atoms with Gasteiger partial charge in [0.2, 0.25) is 0 Å². The SMILES string of the molecule is C=C1C(Br)=CC=C(c2ccccc2Cl)N1CC(F)F. The average molecular weight is 347 g/mol. The molecule has 1 aliphatic heterocycles. The molecule has 1 aromatic rings. The van der Waals surface area contributed by atoms with Gasteiger partial charge in [-0.05, 0) is 34.1 Å². The second kappa shape index (κ2) is 5.88. The molecular weight excluding hydrogens is 336 g/mol. The van der Waals surface area contributed by atoms with Crippen LogP contribution in [0.5, 0.6) is 0 Å². The highest BCUT2D eigenvalue weighted by Gasteiger charge is 2.23. The molecule has 1 heterocycles. The molecule has 1 nitrogen and oxygen atoms in total. The van der Waals surface area contributed by atoms with Crippen LogP contribution >= 0.6 is 27.5 Å². The van der Waals surface area contributed by atoms with Crippen LogP contribution < -0.4 is 0 Å². The smallest absolute Gasteiger partial charge is 0.256 e. The predicted octanol–water partition coefficient (Wildman–Crippen LogP) is 5.05. The maximum absolute atomic E-state index is 12.7. The molecule has 0 unspecified atom stereocenters. The number of benzene rings is 1. The minimum atomic E-state index is -2.46. The standard InChI is InChI=1S/C14H11BrClF2N/c1-9-11(15)6-7-13(19(9)8-14(17)18)10-4-2-3-5-12(10)16/h2-7,14H,1,8H2. The van der Waals surface area contributed by atoms with Gasteiger partial charge in [0.1, 0.15) is 0 Å². The lowest BCUT2D eigenvalue weighted by atomic mass is 10.1. The third kappa shape index (κ3) is 3.07.